The molecule has 1 amide bonds. The van der Waals surface area contributed by atoms with Gasteiger partial charge in [0.25, 0.3) is 5.91 Å². The summed E-state index contributed by atoms with van der Waals surface area (Å²) >= 11 is 1.48. The second-order valence-corrected chi connectivity index (χ2v) is 13.2. The van der Waals surface area contributed by atoms with Crippen molar-refractivity contribution in [3.8, 4) is 26.9 Å². The number of esters is 1. The Kier molecular flexibility index (Phi) is 10.9. The number of unbranched alkanes of at least 4 members (excludes halogenated alkanes) is 4. The Labute approximate surface area is 265 Å². The van der Waals surface area contributed by atoms with E-state index in [0.29, 0.717) is 11.1 Å². The Hall–Kier alpha value is -4.04. The minimum absolute atomic E-state index is 0.0302. The Morgan fingerprint density at radius 2 is 1.30 bits per heavy atom. The van der Waals surface area contributed by atoms with Crippen LogP contribution in [0.1, 0.15) is 88.2 Å². The second kappa shape index (κ2) is 14.6. The van der Waals surface area contributed by atoms with Crippen molar-refractivity contribution in [2.45, 2.75) is 77.7 Å². The molecule has 8 heteroatoms. The fourth-order valence-electron chi connectivity index (χ4n) is 4.86. The van der Waals surface area contributed by atoms with Crippen molar-refractivity contribution >= 4 is 23.2 Å². The highest BCUT2D eigenvalue weighted by Crippen LogP contribution is 2.33. The molecule has 232 valence electrons. The second-order valence-electron chi connectivity index (χ2n) is 12.2. The molecular formula is C36H43N3O4S. The highest BCUT2D eigenvalue weighted by molar-refractivity contribution is 7.17. The molecule has 1 aromatic heterocycles. The number of rotatable bonds is 13. The van der Waals surface area contributed by atoms with Crippen molar-refractivity contribution in [2.24, 2.45) is 0 Å². The lowest BCUT2D eigenvalue weighted by Crippen LogP contribution is -2.50. The van der Waals surface area contributed by atoms with E-state index in [1.54, 1.807) is 19.1 Å². The molecule has 1 atom stereocenters. The van der Waals surface area contributed by atoms with E-state index in [1.165, 1.54) is 44.1 Å². The first-order chi connectivity index (χ1) is 21.0. The molecule has 0 saturated heterocycles. The SMILES string of the molecule is CCCCCCCOc1ccc(-c2nnc(-c3ccc([C@](C)(NC(=O)c4ccc(C(C)(C)C)cc4)C(=O)OC)cc3)s2)cc1. The van der Waals surface area contributed by atoms with E-state index in [1.807, 2.05) is 60.7 Å². The van der Waals surface area contributed by atoms with Crippen molar-refractivity contribution < 1.29 is 19.1 Å². The number of methoxy groups -OCH3 is 1. The number of carbonyl (C=O) groups is 2. The normalized spacial score (nSPS) is 12.8. The Balaban J connectivity index is 1.44. The van der Waals surface area contributed by atoms with Crippen LogP contribution in [-0.2, 0) is 20.5 Å². The molecule has 44 heavy (non-hydrogen) atoms. The lowest BCUT2D eigenvalue weighted by atomic mass is 9.86. The minimum atomic E-state index is -1.39. The number of ether oxygens (including phenoxy) is 2. The highest BCUT2D eigenvalue weighted by Gasteiger charge is 2.38. The third-order valence-electron chi connectivity index (χ3n) is 7.72. The van der Waals surface area contributed by atoms with E-state index >= 15 is 0 Å². The summed E-state index contributed by atoms with van der Waals surface area (Å²) in [7, 11) is 1.31. The fourth-order valence-corrected chi connectivity index (χ4v) is 5.71. The van der Waals surface area contributed by atoms with Crippen molar-refractivity contribution in [1.82, 2.24) is 15.5 Å². The van der Waals surface area contributed by atoms with Gasteiger partial charge in [-0.15, -0.1) is 10.2 Å². The molecule has 0 aliphatic carbocycles. The summed E-state index contributed by atoms with van der Waals surface area (Å²) in [6.07, 6.45) is 6.04. The molecule has 1 N–H and O–H groups in total. The monoisotopic (exact) mass is 613 g/mol. The van der Waals surface area contributed by atoms with Gasteiger partial charge in [-0.25, -0.2) is 4.79 Å². The third kappa shape index (κ3) is 8.11. The summed E-state index contributed by atoms with van der Waals surface area (Å²) in [5.74, 6) is -0.0705. The van der Waals surface area contributed by atoms with E-state index in [2.05, 4.69) is 43.2 Å². The van der Waals surface area contributed by atoms with Gasteiger partial charge in [0.15, 0.2) is 5.54 Å². The zero-order valence-electron chi connectivity index (χ0n) is 26.6. The average Bonchev–Trinajstić information content (AvgIpc) is 3.53. The van der Waals surface area contributed by atoms with E-state index in [-0.39, 0.29) is 11.3 Å². The number of benzene rings is 3. The maximum Gasteiger partial charge on any atom is 0.336 e. The molecule has 0 radical (unpaired) electrons. The van der Waals surface area contributed by atoms with Gasteiger partial charge >= 0.3 is 5.97 Å². The summed E-state index contributed by atoms with van der Waals surface area (Å²) in [6, 6.07) is 22.8. The van der Waals surface area contributed by atoms with Crippen LogP contribution in [0.5, 0.6) is 5.75 Å². The molecule has 0 bridgehead atoms. The number of amides is 1. The molecule has 0 fully saturated rings. The van der Waals surface area contributed by atoms with Gasteiger partial charge in [0, 0.05) is 16.7 Å². The van der Waals surface area contributed by atoms with Gasteiger partial charge in [-0.05, 0) is 66.3 Å². The lowest BCUT2D eigenvalue weighted by Gasteiger charge is -2.29. The van der Waals surface area contributed by atoms with Gasteiger partial charge in [-0.3, -0.25) is 4.79 Å². The number of hydrogen-bond donors (Lipinski definition) is 1. The first kappa shape index (κ1) is 32.9. The number of hydrogen-bond acceptors (Lipinski definition) is 7. The third-order valence-corrected chi connectivity index (χ3v) is 8.74. The van der Waals surface area contributed by atoms with Gasteiger partial charge in [0.1, 0.15) is 15.8 Å². The van der Waals surface area contributed by atoms with Crippen LogP contribution in [0.15, 0.2) is 72.8 Å². The molecule has 0 saturated carbocycles. The molecule has 0 aliphatic rings. The molecule has 7 nitrogen and oxygen atoms in total. The van der Waals surface area contributed by atoms with Crippen molar-refractivity contribution in [3.05, 3.63) is 89.5 Å². The number of nitrogens with one attached hydrogen (secondary N) is 1. The predicted molar refractivity (Wildman–Crippen MR) is 177 cm³/mol. The van der Waals surface area contributed by atoms with Crippen molar-refractivity contribution in [1.29, 1.82) is 0 Å². The van der Waals surface area contributed by atoms with Crippen LogP contribution in [-0.4, -0.2) is 35.8 Å². The summed E-state index contributed by atoms with van der Waals surface area (Å²) in [5.41, 5.74) is 2.59. The molecule has 0 spiro atoms. The van der Waals surface area contributed by atoms with Crippen LogP contribution >= 0.6 is 11.3 Å². The zero-order valence-corrected chi connectivity index (χ0v) is 27.4. The number of nitrogens with zero attached hydrogens (tertiary/aromatic N) is 2. The molecular weight excluding hydrogens is 570 g/mol. The average molecular weight is 614 g/mol. The van der Waals surface area contributed by atoms with E-state index in [9.17, 15) is 9.59 Å². The first-order valence-corrected chi connectivity index (χ1v) is 16.1. The van der Waals surface area contributed by atoms with Gasteiger partial charge < -0.3 is 14.8 Å². The van der Waals surface area contributed by atoms with Crippen LogP contribution in [0.4, 0.5) is 0 Å². The Morgan fingerprint density at radius 1 is 0.750 bits per heavy atom. The van der Waals surface area contributed by atoms with Gasteiger partial charge in [0.2, 0.25) is 0 Å². The Bertz CT molecular complexity index is 1520. The largest absolute Gasteiger partial charge is 0.494 e. The summed E-state index contributed by atoms with van der Waals surface area (Å²) in [4.78, 5) is 26.2. The predicted octanol–water partition coefficient (Wildman–Crippen LogP) is 8.34. The topological polar surface area (TPSA) is 90.4 Å². The van der Waals surface area contributed by atoms with Crippen LogP contribution in [0.3, 0.4) is 0 Å². The molecule has 4 aromatic rings. The van der Waals surface area contributed by atoms with Gasteiger partial charge in [-0.1, -0.05) is 101 Å². The fraction of sp³-hybridized carbons (Fsp3) is 0.389. The van der Waals surface area contributed by atoms with E-state index < -0.39 is 11.5 Å². The standard InChI is InChI=1S/C36H43N3O4S/c1-7-8-9-10-11-24-43-30-22-16-27(17-23-30)33-39-38-32(44-33)26-14-20-29(21-15-26)36(5,34(41)42-6)37-31(40)25-12-18-28(19-13-25)35(2,3)4/h12-23H,7-11,24H2,1-6H3,(H,37,40)/t36-/m0/s1. The van der Waals surface area contributed by atoms with Gasteiger partial charge in [-0.2, -0.15) is 0 Å². The van der Waals surface area contributed by atoms with Gasteiger partial charge in [0.05, 0.1) is 13.7 Å². The van der Waals surface area contributed by atoms with E-state index in [4.69, 9.17) is 9.47 Å². The van der Waals surface area contributed by atoms with E-state index in [0.717, 1.165) is 45.5 Å². The number of carbonyl (C=O) groups excluding carboxylic acids is 2. The molecule has 0 unspecified atom stereocenters. The summed E-state index contributed by atoms with van der Waals surface area (Å²) in [6.45, 7) is 10.9. The summed E-state index contributed by atoms with van der Waals surface area (Å²) < 4.78 is 11.0. The number of aromatic nitrogens is 2. The minimum Gasteiger partial charge on any atom is -0.494 e. The van der Waals surface area contributed by atoms with Crippen LogP contribution in [0.25, 0.3) is 21.1 Å². The van der Waals surface area contributed by atoms with Crippen molar-refractivity contribution in [3.63, 3.8) is 0 Å². The van der Waals surface area contributed by atoms with Crippen LogP contribution in [0.2, 0.25) is 0 Å². The Morgan fingerprint density at radius 3 is 1.84 bits per heavy atom. The smallest absolute Gasteiger partial charge is 0.336 e. The molecule has 4 rings (SSSR count). The van der Waals surface area contributed by atoms with Crippen molar-refractivity contribution in [2.75, 3.05) is 13.7 Å². The summed E-state index contributed by atoms with van der Waals surface area (Å²) in [5, 5.41) is 13.3. The molecule has 1 heterocycles. The molecule has 0 aliphatic heterocycles. The highest BCUT2D eigenvalue weighted by atomic mass is 32.1. The lowest BCUT2D eigenvalue weighted by molar-refractivity contribution is -0.148. The molecule has 3 aromatic carbocycles. The maximum atomic E-state index is 13.2. The van der Waals surface area contributed by atoms with Crippen LogP contribution in [0, 0.1) is 0 Å². The maximum absolute atomic E-state index is 13.2. The first-order valence-electron chi connectivity index (χ1n) is 15.2. The van der Waals surface area contributed by atoms with Crippen LogP contribution < -0.4 is 10.1 Å². The zero-order chi connectivity index (χ0) is 31.7. The quantitative estimate of drug-likeness (QED) is 0.120.